The van der Waals surface area contributed by atoms with Crippen LogP contribution >= 0.6 is 7.37 Å². The summed E-state index contributed by atoms with van der Waals surface area (Å²) in [6.45, 7) is 1.60. The lowest BCUT2D eigenvalue weighted by Gasteiger charge is -2.20. The van der Waals surface area contributed by atoms with Gasteiger partial charge in [-0.2, -0.15) is 0 Å². The largest absolute Gasteiger partial charge is 0.481 e. The van der Waals surface area contributed by atoms with E-state index in [4.69, 9.17) is 5.11 Å². The van der Waals surface area contributed by atoms with E-state index in [1.165, 1.54) is 0 Å². The summed E-state index contributed by atoms with van der Waals surface area (Å²) in [6.07, 6.45) is -0.231. The first-order valence-electron chi connectivity index (χ1n) is 5.05. The van der Waals surface area contributed by atoms with Crippen molar-refractivity contribution in [3.63, 3.8) is 0 Å². The van der Waals surface area contributed by atoms with Crippen LogP contribution in [0.4, 0.5) is 0 Å². The second-order valence-corrected chi connectivity index (χ2v) is 6.36. The van der Waals surface area contributed by atoms with Crippen LogP contribution in [0.2, 0.25) is 0 Å². The molecule has 0 amide bonds. The first-order chi connectivity index (χ1) is 7.47. The molecule has 1 aromatic rings. The normalized spacial score (nSPS) is 16.4. The Hall–Kier alpha value is -1.12. The van der Waals surface area contributed by atoms with Gasteiger partial charge in [-0.3, -0.25) is 9.36 Å². The average molecular weight is 242 g/mol. The van der Waals surface area contributed by atoms with Crippen LogP contribution in [-0.4, -0.2) is 22.1 Å². The van der Waals surface area contributed by atoms with E-state index in [-0.39, 0.29) is 12.6 Å². The summed E-state index contributed by atoms with van der Waals surface area (Å²) in [7, 11) is -3.44. The van der Waals surface area contributed by atoms with Crippen LogP contribution in [0.3, 0.4) is 0 Å². The minimum atomic E-state index is -3.44. The Bertz CT molecular complexity index is 402. The first-order valence-corrected chi connectivity index (χ1v) is 6.97. The monoisotopic (exact) mass is 242 g/mol. The fourth-order valence-electron chi connectivity index (χ4n) is 1.55. The number of benzene rings is 1. The van der Waals surface area contributed by atoms with Crippen molar-refractivity contribution in [1.29, 1.82) is 0 Å². The van der Waals surface area contributed by atoms with Crippen molar-refractivity contribution in [3.8, 4) is 0 Å². The second-order valence-electron chi connectivity index (χ2n) is 3.60. The van der Waals surface area contributed by atoms with Crippen LogP contribution in [0.5, 0.6) is 0 Å². The van der Waals surface area contributed by atoms with Gasteiger partial charge in [0.1, 0.15) is 0 Å². The molecule has 1 rings (SSSR count). The smallest absolute Gasteiger partial charge is 0.304 e. The third-order valence-corrected chi connectivity index (χ3v) is 4.85. The molecule has 2 unspecified atom stereocenters. The molecule has 0 aliphatic rings. The van der Waals surface area contributed by atoms with Gasteiger partial charge in [-0.25, -0.2) is 0 Å². The summed E-state index contributed by atoms with van der Waals surface area (Å²) in [4.78, 5) is 20.5. The Balaban J connectivity index is 3.06. The Morgan fingerprint density at radius 2 is 1.94 bits per heavy atom. The predicted molar refractivity (Wildman–Crippen MR) is 61.8 cm³/mol. The molecule has 0 aliphatic heterocycles. The second kappa shape index (κ2) is 5.28. The number of carboxylic acids is 1. The quantitative estimate of drug-likeness (QED) is 0.778. The van der Waals surface area contributed by atoms with Gasteiger partial charge in [0.05, 0.1) is 12.1 Å². The molecule has 0 bridgehead atoms. The van der Waals surface area contributed by atoms with Crippen molar-refractivity contribution >= 4 is 13.3 Å². The molecule has 2 atom stereocenters. The highest BCUT2D eigenvalue weighted by Gasteiger charge is 2.32. The van der Waals surface area contributed by atoms with Crippen LogP contribution in [0.25, 0.3) is 0 Å². The molecule has 0 aliphatic carbocycles. The van der Waals surface area contributed by atoms with E-state index in [0.717, 1.165) is 0 Å². The topological polar surface area (TPSA) is 74.6 Å². The van der Waals surface area contributed by atoms with Gasteiger partial charge in [0.15, 0.2) is 0 Å². The SMILES string of the molecule is CCP(=O)(O)C(CC(=O)O)c1ccccc1. The fraction of sp³-hybridized carbons (Fsp3) is 0.364. The zero-order valence-corrected chi connectivity index (χ0v) is 9.93. The number of aliphatic carboxylic acids is 1. The molecule has 0 saturated carbocycles. The van der Waals surface area contributed by atoms with E-state index in [2.05, 4.69) is 0 Å². The Kier molecular flexibility index (Phi) is 4.27. The predicted octanol–water partition coefficient (Wildman–Crippen LogP) is 2.49. The zero-order valence-electron chi connectivity index (χ0n) is 9.04. The maximum atomic E-state index is 11.9. The number of carboxylic acid groups (broad SMARTS) is 1. The average Bonchev–Trinajstić information content (AvgIpc) is 2.27. The van der Waals surface area contributed by atoms with Gasteiger partial charge in [0.25, 0.3) is 0 Å². The molecule has 0 saturated heterocycles. The van der Waals surface area contributed by atoms with E-state index in [1.807, 2.05) is 0 Å². The molecule has 5 heteroatoms. The van der Waals surface area contributed by atoms with Gasteiger partial charge >= 0.3 is 5.97 Å². The van der Waals surface area contributed by atoms with Gasteiger partial charge in [-0.15, -0.1) is 0 Å². The summed E-state index contributed by atoms with van der Waals surface area (Å²) < 4.78 is 11.9. The third-order valence-electron chi connectivity index (χ3n) is 2.49. The molecule has 16 heavy (non-hydrogen) atoms. The molecule has 0 spiro atoms. The van der Waals surface area contributed by atoms with Crippen molar-refractivity contribution in [2.45, 2.75) is 19.0 Å². The van der Waals surface area contributed by atoms with Gasteiger partial charge in [-0.05, 0) is 5.56 Å². The summed E-state index contributed by atoms with van der Waals surface area (Å²) in [6, 6.07) is 8.63. The van der Waals surface area contributed by atoms with E-state index < -0.39 is 19.0 Å². The Labute approximate surface area is 94.4 Å². The van der Waals surface area contributed by atoms with Crippen molar-refractivity contribution in [2.24, 2.45) is 0 Å². The lowest BCUT2D eigenvalue weighted by atomic mass is 10.1. The van der Waals surface area contributed by atoms with Crippen LogP contribution in [0.15, 0.2) is 30.3 Å². The molecule has 0 aromatic heterocycles. The zero-order chi connectivity index (χ0) is 12.2. The molecule has 0 heterocycles. The van der Waals surface area contributed by atoms with Crippen LogP contribution in [0.1, 0.15) is 24.6 Å². The fourth-order valence-corrected chi connectivity index (χ4v) is 3.07. The molecule has 88 valence electrons. The highest BCUT2D eigenvalue weighted by atomic mass is 31.2. The maximum absolute atomic E-state index is 11.9. The van der Waals surface area contributed by atoms with Gasteiger partial charge < -0.3 is 10.00 Å². The van der Waals surface area contributed by atoms with Crippen LogP contribution in [-0.2, 0) is 9.36 Å². The lowest BCUT2D eigenvalue weighted by molar-refractivity contribution is -0.137. The van der Waals surface area contributed by atoms with Gasteiger partial charge in [-0.1, -0.05) is 37.3 Å². The molecule has 1 aromatic carbocycles. The summed E-state index contributed by atoms with van der Waals surface area (Å²) in [5, 5.41) is 8.77. The van der Waals surface area contributed by atoms with E-state index >= 15 is 0 Å². The van der Waals surface area contributed by atoms with E-state index in [1.54, 1.807) is 37.3 Å². The summed E-state index contributed by atoms with van der Waals surface area (Å²) in [5.41, 5.74) is -0.200. The number of hydrogen-bond acceptors (Lipinski definition) is 2. The van der Waals surface area contributed by atoms with E-state index in [0.29, 0.717) is 5.56 Å². The van der Waals surface area contributed by atoms with Gasteiger partial charge in [0, 0.05) is 6.16 Å². The van der Waals surface area contributed by atoms with Crippen molar-refractivity contribution in [1.82, 2.24) is 0 Å². The summed E-state index contributed by atoms with van der Waals surface area (Å²) in [5.74, 6) is -1.06. The Morgan fingerprint density at radius 3 is 2.38 bits per heavy atom. The number of hydrogen-bond donors (Lipinski definition) is 2. The van der Waals surface area contributed by atoms with Gasteiger partial charge in [0.2, 0.25) is 7.37 Å². The van der Waals surface area contributed by atoms with Crippen molar-refractivity contribution < 1.29 is 19.4 Å². The standard InChI is InChI=1S/C11H15O4P/c1-2-16(14,15)10(8-11(12)13)9-6-4-3-5-7-9/h3-7,10H,2,8H2,1H3,(H,12,13)(H,14,15). The minimum Gasteiger partial charge on any atom is -0.481 e. The van der Waals surface area contributed by atoms with Crippen molar-refractivity contribution in [3.05, 3.63) is 35.9 Å². The summed E-state index contributed by atoms with van der Waals surface area (Å²) >= 11 is 0. The lowest BCUT2D eigenvalue weighted by Crippen LogP contribution is -2.08. The number of rotatable bonds is 5. The molecule has 2 N–H and O–H groups in total. The van der Waals surface area contributed by atoms with Crippen LogP contribution in [0, 0.1) is 0 Å². The molecular weight excluding hydrogens is 227 g/mol. The minimum absolute atomic E-state index is 0.0832. The highest BCUT2D eigenvalue weighted by molar-refractivity contribution is 7.58. The third kappa shape index (κ3) is 3.19. The first kappa shape index (κ1) is 12.9. The molecule has 4 nitrogen and oxygen atoms in total. The molecule has 0 radical (unpaired) electrons. The molecule has 0 fully saturated rings. The highest BCUT2D eigenvalue weighted by Crippen LogP contribution is 2.56. The maximum Gasteiger partial charge on any atom is 0.304 e. The van der Waals surface area contributed by atoms with E-state index in [9.17, 15) is 14.3 Å². The van der Waals surface area contributed by atoms with Crippen molar-refractivity contribution in [2.75, 3.05) is 6.16 Å². The molecular formula is C11H15O4P. The number of carbonyl (C=O) groups is 1. The Morgan fingerprint density at radius 1 is 1.38 bits per heavy atom. The van der Waals surface area contributed by atoms with Crippen LogP contribution < -0.4 is 0 Å².